The van der Waals surface area contributed by atoms with Gasteiger partial charge in [0.15, 0.2) is 6.10 Å². The van der Waals surface area contributed by atoms with Gasteiger partial charge < -0.3 is 14.6 Å². The first kappa shape index (κ1) is 40.6. The monoisotopic (exact) mass is 600 g/mol. The lowest BCUT2D eigenvalue weighted by Gasteiger charge is -2.15. The third-order valence-electron chi connectivity index (χ3n) is 7.05. The fourth-order valence-electron chi connectivity index (χ4n) is 4.41. The van der Waals surface area contributed by atoms with Crippen molar-refractivity contribution in [3.63, 3.8) is 0 Å². The summed E-state index contributed by atoms with van der Waals surface area (Å²) in [6, 6.07) is 0. The van der Waals surface area contributed by atoms with E-state index < -0.39 is 6.10 Å². The number of carbonyl (C=O) groups is 2. The van der Waals surface area contributed by atoms with Crippen LogP contribution in [0.15, 0.2) is 60.8 Å². The summed E-state index contributed by atoms with van der Waals surface area (Å²) in [5.74, 6) is -0.634. The molecule has 0 aromatic rings. The first-order chi connectivity index (χ1) is 21.1. The number of rotatable bonds is 30. The standard InChI is InChI=1S/C38H64O5/c1-3-5-7-9-11-13-15-17-19-21-23-25-27-29-31-33-38(41)43-36(34-39)35-42-37(40)32-30-28-26-24-22-20-18-16-14-12-10-8-6-4-2/h5,7,10-13,16-19,36,39H,3-4,6,8-9,14-15,20-35H2,1-2H3/b7-5-,12-10-,13-11-,18-16-,19-17-/t36-/m0/s1. The average molecular weight is 601 g/mol. The van der Waals surface area contributed by atoms with Gasteiger partial charge in [-0.1, -0.05) is 126 Å². The van der Waals surface area contributed by atoms with Gasteiger partial charge in [0.05, 0.1) is 6.61 Å². The van der Waals surface area contributed by atoms with E-state index in [2.05, 4.69) is 74.6 Å². The number of aliphatic hydroxyl groups excluding tert-OH is 1. The van der Waals surface area contributed by atoms with E-state index in [1.165, 1.54) is 32.1 Å². The molecule has 0 amide bonds. The summed E-state index contributed by atoms with van der Waals surface area (Å²) in [6.45, 7) is 3.93. The molecule has 0 saturated heterocycles. The van der Waals surface area contributed by atoms with Crippen LogP contribution in [0, 0.1) is 0 Å². The largest absolute Gasteiger partial charge is 0.462 e. The fraction of sp³-hybridized carbons (Fsp3) is 0.684. The Labute approximate surface area is 264 Å². The lowest BCUT2D eigenvalue weighted by atomic mass is 10.1. The zero-order valence-corrected chi connectivity index (χ0v) is 27.7. The molecule has 0 bridgehead atoms. The Bertz CT molecular complexity index is 777. The van der Waals surface area contributed by atoms with E-state index in [4.69, 9.17) is 9.47 Å². The van der Waals surface area contributed by atoms with Crippen molar-refractivity contribution in [1.29, 1.82) is 0 Å². The zero-order valence-electron chi connectivity index (χ0n) is 27.7. The molecule has 1 N–H and O–H groups in total. The first-order valence-electron chi connectivity index (χ1n) is 17.3. The van der Waals surface area contributed by atoms with Gasteiger partial charge in [-0.25, -0.2) is 0 Å². The Balaban J connectivity index is 3.66. The highest BCUT2D eigenvalue weighted by Gasteiger charge is 2.16. The lowest BCUT2D eigenvalue weighted by molar-refractivity contribution is -0.161. The molecule has 43 heavy (non-hydrogen) atoms. The Morgan fingerprint density at radius 3 is 1.51 bits per heavy atom. The number of unbranched alkanes of at least 4 members (excludes halogenated alkanes) is 12. The number of allylic oxidation sites excluding steroid dienone is 10. The molecule has 5 nitrogen and oxygen atoms in total. The summed E-state index contributed by atoms with van der Waals surface area (Å²) < 4.78 is 10.5. The molecule has 0 rings (SSSR count). The Morgan fingerprint density at radius 2 is 1.00 bits per heavy atom. The van der Waals surface area contributed by atoms with Gasteiger partial charge in [0.2, 0.25) is 0 Å². The maximum Gasteiger partial charge on any atom is 0.306 e. The predicted octanol–water partition coefficient (Wildman–Crippen LogP) is 10.4. The van der Waals surface area contributed by atoms with E-state index in [1.807, 2.05) is 0 Å². The van der Waals surface area contributed by atoms with Gasteiger partial charge in [0.25, 0.3) is 0 Å². The molecule has 0 spiro atoms. The second kappa shape index (κ2) is 34.1. The summed E-state index contributed by atoms with van der Waals surface area (Å²) in [5.41, 5.74) is 0. The number of esters is 2. The predicted molar refractivity (Wildman–Crippen MR) is 182 cm³/mol. The summed E-state index contributed by atoms with van der Waals surface area (Å²) in [5, 5.41) is 9.51. The van der Waals surface area contributed by atoms with Gasteiger partial charge in [-0.15, -0.1) is 0 Å². The summed E-state index contributed by atoms with van der Waals surface area (Å²) in [7, 11) is 0. The Kier molecular flexibility index (Phi) is 32.2. The minimum Gasteiger partial charge on any atom is -0.462 e. The summed E-state index contributed by atoms with van der Waals surface area (Å²) >= 11 is 0. The molecule has 0 fully saturated rings. The van der Waals surface area contributed by atoms with Crippen LogP contribution in [0.3, 0.4) is 0 Å². The molecule has 0 aliphatic rings. The fourth-order valence-corrected chi connectivity index (χ4v) is 4.41. The summed E-state index contributed by atoms with van der Waals surface area (Å²) in [6.07, 6.45) is 42.7. The maximum absolute atomic E-state index is 12.1. The molecule has 5 heteroatoms. The lowest BCUT2D eigenvalue weighted by Crippen LogP contribution is -2.28. The van der Waals surface area contributed by atoms with E-state index in [-0.39, 0.29) is 25.2 Å². The van der Waals surface area contributed by atoms with Gasteiger partial charge in [0, 0.05) is 12.8 Å². The van der Waals surface area contributed by atoms with Crippen LogP contribution >= 0.6 is 0 Å². The second-order valence-electron chi connectivity index (χ2n) is 11.2. The second-order valence-corrected chi connectivity index (χ2v) is 11.2. The van der Waals surface area contributed by atoms with Crippen LogP contribution in [0.4, 0.5) is 0 Å². The van der Waals surface area contributed by atoms with E-state index >= 15 is 0 Å². The molecular weight excluding hydrogens is 536 g/mol. The molecular formula is C38H64O5. The average Bonchev–Trinajstić information content (AvgIpc) is 3.01. The highest BCUT2D eigenvalue weighted by atomic mass is 16.6. The third kappa shape index (κ3) is 32.4. The minimum atomic E-state index is -0.786. The van der Waals surface area contributed by atoms with Crippen LogP contribution in [0.1, 0.15) is 149 Å². The third-order valence-corrected chi connectivity index (χ3v) is 7.05. The van der Waals surface area contributed by atoms with Crippen molar-refractivity contribution in [2.24, 2.45) is 0 Å². The summed E-state index contributed by atoms with van der Waals surface area (Å²) in [4.78, 5) is 24.1. The number of hydrogen-bond acceptors (Lipinski definition) is 5. The highest BCUT2D eigenvalue weighted by Crippen LogP contribution is 2.11. The molecule has 0 saturated carbocycles. The molecule has 0 radical (unpaired) electrons. The van der Waals surface area contributed by atoms with Crippen LogP contribution < -0.4 is 0 Å². The zero-order chi connectivity index (χ0) is 31.5. The van der Waals surface area contributed by atoms with Crippen molar-refractivity contribution in [2.45, 2.75) is 155 Å². The van der Waals surface area contributed by atoms with Gasteiger partial charge in [-0.05, 0) is 70.6 Å². The molecule has 0 aliphatic carbocycles. The quantitative estimate of drug-likeness (QED) is 0.0504. The molecule has 0 aromatic heterocycles. The molecule has 246 valence electrons. The van der Waals surface area contributed by atoms with Gasteiger partial charge >= 0.3 is 11.9 Å². The Hall–Kier alpha value is -2.40. The normalized spacial score (nSPS) is 12.9. The van der Waals surface area contributed by atoms with Gasteiger partial charge in [-0.2, -0.15) is 0 Å². The smallest absolute Gasteiger partial charge is 0.306 e. The van der Waals surface area contributed by atoms with Crippen molar-refractivity contribution in [1.82, 2.24) is 0 Å². The van der Waals surface area contributed by atoms with Crippen molar-refractivity contribution < 1.29 is 24.2 Å². The molecule has 1 atom stereocenters. The molecule has 0 aromatic carbocycles. The van der Waals surface area contributed by atoms with Crippen molar-refractivity contribution in [2.75, 3.05) is 13.2 Å². The minimum absolute atomic E-state index is 0.0829. The van der Waals surface area contributed by atoms with Crippen LogP contribution in [0.2, 0.25) is 0 Å². The van der Waals surface area contributed by atoms with Crippen molar-refractivity contribution in [3.05, 3.63) is 60.8 Å². The SMILES string of the molecule is CC/C=C\C/C=C\C/C=C\CCCCCCCC(=O)O[C@@H](CO)COC(=O)CCCCCCC/C=C\C/C=C\CCCC. The molecule has 0 heterocycles. The van der Waals surface area contributed by atoms with E-state index in [0.29, 0.717) is 12.8 Å². The van der Waals surface area contributed by atoms with Crippen LogP contribution in [0.25, 0.3) is 0 Å². The topological polar surface area (TPSA) is 72.8 Å². The first-order valence-corrected chi connectivity index (χ1v) is 17.3. The van der Waals surface area contributed by atoms with Crippen LogP contribution in [-0.2, 0) is 19.1 Å². The molecule has 0 unspecified atom stereocenters. The van der Waals surface area contributed by atoms with Crippen LogP contribution in [-0.4, -0.2) is 36.4 Å². The van der Waals surface area contributed by atoms with E-state index in [9.17, 15) is 14.7 Å². The van der Waals surface area contributed by atoms with E-state index in [1.54, 1.807) is 0 Å². The van der Waals surface area contributed by atoms with Crippen molar-refractivity contribution >= 4 is 11.9 Å². The number of aliphatic hydroxyl groups is 1. The van der Waals surface area contributed by atoms with Gasteiger partial charge in [0.1, 0.15) is 6.61 Å². The number of carbonyl (C=O) groups excluding carboxylic acids is 2. The Morgan fingerprint density at radius 1 is 0.558 bits per heavy atom. The van der Waals surface area contributed by atoms with E-state index in [0.717, 1.165) is 89.9 Å². The van der Waals surface area contributed by atoms with Crippen LogP contribution in [0.5, 0.6) is 0 Å². The van der Waals surface area contributed by atoms with Gasteiger partial charge in [-0.3, -0.25) is 9.59 Å². The highest BCUT2D eigenvalue weighted by molar-refractivity contribution is 5.70. The number of hydrogen-bond donors (Lipinski definition) is 1. The molecule has 0 aliphatic heterocycles. The number of ether oxygens (including phenoxy) is 2. The maximum atomic E-state index is 12.1. The van der Waals surface area contributed by atoms with Crippen molar-refractivity contribution in [3.8, 4) is 0 Å².